The van der Waals surface area contributed by atoms with Crippen molar-refractivity contribution in [3.05, 3.63) is 35.4 Å². The molecule has 2 atom stereocenters. The van der Waals surface area contributed by atoms with Gasteiger partial charge in [-0.15, -0.1) is 0 Å². The van der Waals surface area contributed by atoms with Crippen LogP contribution in [0.15, 0.2) is 24.3 Å². The van der Waals surface area contributed by atoms with E-state index in [1.807, 2.05) is 20.8 Å². The van der Waals surface area contributed by atoms with Crippen LogP contribution in [0.25, 0.3) is 0 Å². The molecule has 0 unspecified atom stereocenters. The van der Waals surface area contributed by atoms with Crippen molar-refractivity contribution in [3.63, 3.8) is 0 Å². The lowest BCUT2D eigenvalue weighted by Gasteiger charge is -2.37. The summed E-state index contributed by atoms with van der Waals surface area (Å²) in [5.74, 6) is 0.0874. The van der Waals surface area contributed by atoms with Crippen LogP contribution in [-0.4, -0.2) is 40.9 Å². The maximum absolute atomic E-state index is 12.1. The maximum atomic E-state index is 12.1. The summed E-state index contributed by atoms with van der Waals surface area (Å²) in [4.78, 5) is 13.7. The highest BCUT2D eigenvalue weighted by molar-refractivity contribution is 5.68. The number of β-amino-alcohol motifs (C(OH)–C–C–N with tert-alkyl or cyclic N) is 1. The molecule has 1 aromatic carbocycles. The van der Waals surface area contributed by atoms with E-state index in [1.165, 1.54) is 5.56 Å². The zero-order valence-corrected chi connectivity index (χ0v) is 14.7. The minimum atomic E-state index is -0.548. The number of rotatable bonds is 3. The van der Waals surface area contributed by atoms with E-state index in [-0.39, 0.29) is 12.0 Å². The minimum Gasteiger partial charge on any atom is -0.444 e. The van der Waals surface area contributed by atoms with Gasteiger partial charge in [0.15, 0.2) is 0 Å². The Labute approximate surface area is 139 Å². The fourth-order valence-electron chi connectivity index (χ4n) is 3.03. The van der Waals surface area contributed by atoms with Crippen molar-refractivity contribution >= 4 is 6.09 Å². The monoisotopic (exact) mass is 319 g/mol. The third-order valence-corrected chi connectivity index (χ3v) is 4.18. The number of aliphatic hydroxyl groups is 1. The van der Waals surface area contributed by atoms with Crippen molar-refractivity contribution in [2.45, 2.75) is 64.6 Å². The second-order valence-corrected chi connectivity index (χ2v) is 7.38. The van der Waals surface area contributed by atoms with Crippen molar-refractivity contribution < 1.29 is 14.6 Å². The maximum Gasteiger partial charge on any atom is 0.410 e. The Morgan fingerprint density at radius 3 is 2.48 bits per heavy atom. The lowest BCUT2D eigenvalue weighted by Crippen LogP contribution is -2.47. The summed E-state index contributed by atoms with van der Waals surface area (Å²) in [7, 11) is 0. The van der Waals surface area contributed by atoms with Crippen LogP contribution in [0.1, 0.15) is 57.6 Å². The van der Waals surface area contributed by atoms with Gasteiger partial charge in [0.25, 0.3) is 0 Å². The van der Waals surface area contributed by atoms with Gasteiger partial charge < -0.3 is 14.7 Å². The molecule has 0 aromatic heterocycles. The van der Waals surface area contributed by atoms with Gasteiger partial charge in [-0.05, 0) is 44.7 Å². The second kappa shape index (κ2) is 7.35. The van der Waals surface area contributed by atoms with Gasteiger partial charge in [-0.25, -0.2) is 4.79 Å². The number of amides is 1. The topological polar surface area (TPSA) is 49.8 Å². The molecular weight excluding hydrogens is 290 g/mol. The number of hydrogen-bond acceptors (Lipinski definition) is 3. The smallest absolute Gasteiger partial charge is 0.410 e. The first kappa shape index (κ1) is 17.8. The second-order valence-electron chi connectivity index (χ2n) is 7.38. The van der Waals surface area contributed by atoms with Crippen LogP contribution in [-0.2, 0) is 11.2 Å². The SMILES string of the molecule is CCCc1ccc([C@@H]2CCN(C(=O)OC(C)(C)C)C[C@@H]2O)cc1. The van der Waals surface area contributed by atoms with Crippen molar-refractivity contribution in [1.29, 1.82) is 0 Å². The number of carbonyl (C=O) groups excluding carboxylic acids is 1. The van der Waals surface area contributed by atoms with Gasteiger partial charge >= 0.3 is 6.09 Å². The molecule has 0 spiro atoms. The average molecular weight is 319 g/mol. The van der Waals surface area contributed by atoms with Gasteiger partial charge in [0.05, 0.1) is 12.6 Å². The Balaban J connectivity index is 1.97. The summed E-state index contributed by atoms with van der Waals surface area (Å²) < 4.78 is 5.38. The summed E-state index contributed by atoms with van der Waals surface area (Å²) in [6, 6.07) is 8.52. The minimum absolute atomic E-state index is 0.0874. The number of hydrogen-bond donors (Lipinski definition) is 1. The van der Waals surface area contributed by atoms with Crippen molar-refractivity contribution in [2.24, 2.45) is 0 Å². The molecule has 0 saturated carbocycles. The van der Waals surface area contributed by atoms with Crippen LogP contribution < -0.4 is 0 Å². The van der Waals surface area contributed by atoms with Crippen LogP contribution in [0.4, 0.5) is 4.79 Å². The number of likely N-dealkylation sites (tertiary alicyclic amines) is 1. The molecule has 1 N–H and O–H groups in total. The Morgan fingerprint density at radius 2 is 1.96 bits per heavy atom. The van der Waals surface area contributed by atoms with E-state index < -0.39 is 11.7 Å². The van der Waals surface area contributed by atoms with E-state index in [0.717, 1.165) is 24.8 Å². The van der Waals surface area contributed by atoms with Crippen molar-refractivity contribution in [2.75, 3.05) is 13.1 Å². The number of benzene rings is 1. The van der Waals surface area contributed by atoms with Crippen molar-refractivity contribution in [1.82, 2.24) is 4.90 Å². The first-order valence-electron chi connectivity index (χ1n) is 8.55. The Kier molecular flexibility index (Phi) is 5.69. The molecule has 0 radical (unpaired) electrons. The molecule has 1 aromatic rings. The first-order chi connectivity index (χ1) is 10.8. The molecule has 1 amide bonds. The largest absolute Gasteiger partial charge is 0.444 e. The third-order valence-electron chi connectivity index (χ3n) is 4.18. The zero-order chi connectivity index (χ0) is 17.0. The molecule has 1 aliphatic heterocycles. The summed E-state index contributed by atoms with van der Waals surface area (Å²) in [5.41, 5.74) is 1.98. The number of piperidine rings is 1. The molecule has 1 aliphatic rings. The molecule has 4 nitrogen and oxygen atoms in total. The van der Waals surface area contributed by atoms with E-state index in [2.05, 4.69) is 31.2 Å². The fourth-order valence-corrected chi connectivity index (χ4v) is 3.03. The van der Waals surface area contributed by atoms with E-state index in [4.69, 9.17) is 4.74 Å². The summed E-state index contributed by atoms with van der Waals surface area (Å²) in [6.45, 7) is 8.68. The van der Waals surface area contributed by atoms with Crippen LogP contribution in [0.5, 0.6) is 0 Å². The Hall–Kier alpha value is -1.55. The highest BCUT2D eigenvalue weighted by atomic mass is 16.6. The lowest BCUT2D eigenvalue weighted by atomic mass is 9.86. The van der Waals surface area contributed by atoms with Gasteiger partial charge in [-0.2, -0.15) is 0 Å². The number of carbonyl (C=O) groups is 1. The van der Waals surface area contributed by atoms with E-state index >= 15 is 0 Å². The van der Waals surface area contributed by atoms with Crippen molar-refractivity contribution in [3.8, 4) is 0 Å². The fraction of sp³-hybridized carbons (Fsp3) is 0.632. The molecule has 4 heteroatoms. The van der Waals surface area contributed by atoms with Gasteiger partial charge in [0.1, 0.15) is 5.60 Å². The van der Waals surface area contributed by atoms with Crippen LogP contribution in [0.3, 0.4) is 0 Å². The van der Waals surface area contributed by atoms with Gasteiger partial charge in [0.2, 0.25) is 0 Å². The van der Waals surface area contributed by atoms with Gasteiger partial charge in [-0.1, -0.05) is 37.6 Å². The molecule has 2 rings (SSSR count). The number of aliphatic hydroxyl groups excluding tert-OH is 1. The standard InChI is InChI=1S/C19H29NO3/c1-5-6-14-7-9-15(10-8-14)16-11-12-20(13-17(16)21)18(22)23-19(2,3)4/h7-10,16-17,21H,5-6,11-13H2,1-4H3/t16-,17-/m0/s1. The highest BCUT2D eigenvalue weighted by Crippen LogP contribution is 2.29. The number of ether oxygens (including phenoxy) is 1. The van der Waals surface area contributed by atoms with Crippen LogP contribution in [0, 0.1) is 0 Å². The average Bonchev–Trinajstić information content (AvgIpc) is 2.47. The number of aryl methyl sites for hydroxylation is 1. The molecule has 128 valence electrons. The van der Waals surface area contributed by atoms with Gasteiger partial charge in [-0.3, -0.25) is 0 Å². The Morgan fingerprint density at radius 1 is 1.30 bits per heavy atom. The highest BCUT2D eigenvalue weighted by Gasteiger charge is 2.33. The molecular formula is C19H29NO3. The van der Waals surface area contributed by atoms with E-state index in [0.29, 0.717) is 13.1 Å². The van der Waals surface area contributed by atoms with E-state index in [1.54, 1.807) is 4.90 Å². The van der Waals surface area contributed by atoms with Gasteiger partial charge in [0, 0.05) is 12.5 Å². The summed E-state index contributed by atoms with van der Waals surface area (Å²) >= 11 is 0. The zero-order valence-electron chi connectivity index (χ0n) is 14.7. The van der Waals surface area contributed by atoms with Crippen LogP contribution >= 0.6 is 0 Å². The third kappa shape index (κ3) is 4.96. The van der Waals surface area contributed by atoms with E-state index in [9.17, 15) is 9.90 Å². The lowest BCUT2D eigenvalue weighted by molar-refractivity contribution is -0.00151. The van der Waals surface area contributed by atoms with Crippen LogP contribution in [0.2, 0.25) is 0 Å². The quantitative estimate of drug-likeness (QED) is 0.923. The Bertz CT molecular complexity index is 518. The molecule has 23 heavy (non-hydrogen) atoms. The molecule has 1 saturated heterocycles. The first-order valence-corrected chi connectivity index (χ1v) is 8.55. The summed E-state index contributed by atoms with van der Waals surface area (Å²) in [6.07, 6.45) is 2.09. The molecule has 0 aliphatic carbocycles. The molecule has 0 bridgehead atoms. The molecule has 1 fully saturated rings. The summed E-state index contributed by atoms with van der Waals surface area (Å²) in [5, 5.41) is 10.5. The predicted octanol–water partition coefficient (Wildman–Crippen LogP) is 3.72. The predicted molar refractivity (Wildman–Crippen MR) is 91.6 cm³/mol. The molecule has 1 heterocycles. The number of nitrogens with zero attached hydrogens (tertiary/aromatic N) is 1. The normalized spacial score (nSPS) is 22.0.